The van der Waals surface area contributed by atoms with Crippen LogP contribution in [0.3, 0.4) is 0 Å². The van der Waals surface area contributed by atoms with E-state index >= 15 is 4.39 Å². The van der Waals surface area contributed by atoms with Gasteiger partial charge in [0.15, 0.2) is 10.9 Å². The first kappa shape index (κ1) is 23.3. The number of carbonyl (C=O) groups is 2. The molecule has 180 valence electrons. The standard InChI is InChI=1S/C25H22ClF2N5O2/c1-29-25(35)19-4-5-20(24(26)31-19)33-8-6-32(7-9-33)13-14-2-3-16-17(22(14)28)11-21(34)18-10-15(27)12-30-23(16)18/h2-5,10,12H,6-9,11,13H2,1H3,(H,29,35). The number of Topliss-reactive ketones (excluding diaryl/α,β-unsaturated/α-hetero) is 1. The quantitative estimate of drug-likeness (QED) is 0.556. The number of piperazine rings is 1. The Morgan fingerprint density at radius 3 is 2.60 bits per heavy atom. The second kappa shape index (κ2) is 9.31. The molecule has 0 saturated carbocycles. The molecule has 1 saturated heterocycles. The maximum atomic E-state index is 15.4. The van der Waals surface area contributed by atoms with Crippen LogP contribution in [0.4, 0.5) is 14.5 Å². The molecule has 1 amide bonds. The number of amides is 1. The molecule has 10 heteroatoms. The van der Waals surface area contributed by atoms with Crippen LogP contribution in [-0.4, -0.2) is 59.8 Å². The number of carbonyl (C=O) groups excluding carboxylic acids is 2. The second-order valence-electron chi connectivity index (χ2n) is 8.56. The largest absolute Gasteiger partial charge is 0.366 e. The number of hydrogen-bond donors (Lipinski definition) is 1. The number of rotatable bonds is 4. The molecule has 0 bridgehead atoms. The van der Waals surface area contributed by atoms with Gasteiger partial charge in [-0.25, -0.2) is 13.8 Å². The summed E-state index contributed by atoms with van der Waals surface area (Å²) < 4.78 is 29.0. The van der Waals surface area contributed by atoms with Gasteiger partial charge in [0.25, 0.3) is 5.91 Å². The average Bonchev–Trinajstić information content (AvgIpc) is 2.86. The number of ketones is 1. The van der Waals surface area contributed by atoms with Crippen molar-refractivity contribution in [1.29, 1.82) is 0 Å². The predicted molar refractivity (Wildman–Crippen MR) is 128 cm³/mol. The summed E-state index contributed by atoms with van der Waals surface area (Å²) in [6.07, 6.45) is 0.929. The third-order valence-corrected chi connectivity index (χ3v) is 6.74. The molecular formula is C25H22ClF2N5O2. The molecule has 5 rings (SSSR count). The van der Waals surface area contributed by atoms with Crippen LogP contribution >= 0.6 is 11.6 Å². The van der Waals surface area contributed by atoms with Crippen LogP contribution in [0.15, 0.2) is 36.5 Å². The van der Waals surface area contributed by atoms with Crippen molar-refractivity contribution in [2.75, 3.05) is 38.1 Å². The van der Waals surface area contributed by atoms with Gasteiger partial charge in [0.2, 0.25) is 0 Å². The minimum atomic E-state index is -0.587. The fourth-order valence-electron chi connectivity index (χ4n) is 4.61. The summed E-state index contributed by atoms with van der Waals surface area (Å²) in [6, 6.07) is 8.06. The first-order valence-corrected chi connectivity index (χ1v) is 11.6. The van der Waals surface area contributed by atoms with Crippen molar-refractivity contribution in [3.8, 4) is 11.3 Å². The first-order chi connectivity index (χ1) is 16.9. The Balaban J connectivity index is 1.29. The Bertz CT molecular complexity index is 1340. The van der Waals surface area contributed by atoms with Crippen LogP contribution in [0.5, 0.6) is 0 Å². The second-order valence-corrected chi connectivity index (χ2v) is 8.92. The highest BCUT2D eigenvalue weighted by molar-refractivity contribution is 6.32. The molecule has 3 heterocycles. The summed E-state index contributed by atoms with van der Waals surface area (Å²) >= 11 is 6.33. The van der Waals surface area contributed by atoms with Crippen LogP contribution in [0.25, 0.3) is 11.3 Å². The number of hydrogen-bond acceptors (Lipinski definition) is 6. The third kappa shape index (κ3) is 4.37. The number of benzene rings is 1. The van der Waals surface area contributed by atoms with E-state index < -0.39 is 11.6 Å². The normalized spacial score (nSPS) is 15.5. The van der Waals surface area contributed by atoms with Gasteiger partial charge in [0, 0.05) is 68.4 Å². The number of halogens is 3. The molecule has 7 nitrogen and oxygen atoms in total. The van der Waals surface area contributed by atoms with Gasteiger partial charge in [-0.3, -0.25) is 19.5 Å². The maximum Gasteiger partial charge on any atom is 0.269 e. The Labute approximate surface area is 205 Å². The van der Waals surface area contributed by atoms with Crippen molar-refractivity contribution < 1.29 is 18.4 Å². The highest BCUT2D eigenvalue weighted by atomic mass is 35.5. The number of anilines is 1. The molecule has 0 atom stereocenters. The van der Waals surface area contributed by atoms with E-state index in [4.69, 9.17) is 11.6 Å². The van der Waals surface area contributed by atoms with Crippen molar-refractivity contribution in [2.24, 2.45) is 0 Å². The zero-order valence-electron chi connectivity index (χ0n) is 18.9. The fraction of sp³-hybridized carbons (Fsp3) is 0.280. The van der Waals surface area contributed by atoms with Crippen molar-refractivity contribution in [2.45, 2.75) is 13.0 Å². The van der Waals surface area contributed by atoms with Gasteiger partial charge in [-0.1, -0.05) is 23.7 Å². The average molecular weight is 498 g/mol. The zero-order chi connectivity index (χ0) is 24.7. The fourth-order valence-corrected chi connectivity index (χ4v) is 4.89. The van der Waals surface area contributed by atoms with E-state index in [-0.39, 0.29) is 34.5 Å². The minimum Gasteiger partial charge on any atom is -0.366 e. The molecule has 35 heavy (non-hydrogen) atoms. The zero-order valence-corrected chi connectivity index (χ0v) is 19.7. The van der Waals surface area contributed by atoms with Crippen LogP contribution < -0.4 is 10.2 Å². The molecule has 2 aromatic heterocycles. The highest BCUT2D eigenvalue weighted by Crippen LogP contribution is 2.35. The SMILES string of the molecule is CNC(=O)c1ccc(N2CCN(Cc3ccc4c(c3F)CC(=O)c3cc(F)cnc3-4)CC2)c(Cl)n1. The summed E-state index contributed by atoms with van der Waals surface area (Å²) in [6.45, 7) is 3.06. The summed E-state index contributed by atoms with van der Waals surface area (Å²) in [5.74, 6) is -1.64. The monoisotopic (exact) mass is 497 g/mol. The van der Waals surface area contributed by atoms with E-state index in [9.17, 15) is 14.0 Å². The Morgan fingerprint density at radius 1 is 1.11 bits per heavy atom. The van der Waals surface area contributed by atoms with E-state index in [1.54, 1.807) is 24.3 Å². The minimum absolute atomic E-state index is 0.113. The summed E-state index contributed by atoms with van der Waals surface area (Å²) in [7, 11) is 1.53. The van der Waals surface area contributed by atoms with Gasteiger partial charge in [-0.2, -0.15) is 0 Å². The lowest BCUT2D eigenvalue weighted by Gasteiger charge is -2.36. The number of fused-ring (bicyclic) bond motifs is 3. The molecule has 3 aromatic rings. The van der Waals surface area contributed by atoms with Crippen LogP contribution in [-0.2, 0) is 13.0 Å². The van der Waals surface area contributed by atoms with Gasteiger partial charge in [-0.15, -0.1) is 0 Å². The predicted octanol–water partition coefficient (Wildman–Crippen LogP) is 3.50. The van der Waals surface area contributed by atoms with E-state index in [1.807, 2.05) is 0 Å². The number of aromatic nitrogens is 2. The molecular weight excluding hydrogens is 476 g/mol. The number of pyridine rings is 2. The first-order valence-electron chi connectivity index (χ1n) is 11.2. The highest BCUT2D eigenvalue weighted by Gasteiger charge is 2.29. The maximum absolute atomic E-state index is 15.4. The van der Waals surface area contributed by atoms with E-state index in [0.717, 1.165) is 18.0 Å². The van der Waals surface area contributed by atoms with E-state index in [2.05, 4.69) is 25.1 Å². The molecule has 1 aromatic carbocycles. The topological polar surface area (TPSA) is 78.4 Å². The van der Waals surface area contributed by atoms with Crippen molar-refractivity contribution in [1.82, 2.24) is 20.2 Å². The Morgan fingerprint density at radius 2 is 1.89 bits per heavy atom. The van der Waals surface area contributed by atoms with E-state index in [1.165, 1.54) is 7.05 Å². The Hall–Kier alpha value is -3.43. The van der Waals surface area contributed by atoms with Gasteiger partial charge in [-0.05, 0) is 18.2 Å². The third-order valence-electron chi connectivity index (χ3n) is 6.47. The summed E-state index contributed by atoms with van der Waals surface area (Å²) in [5, 5.41) is 2.78. The van der Waals surface area contributed by atoms with E-state index in [0.29, 0.717) is 55.1 Å². The summed E-state index contributed by atoms with van der Waals surface area (Å²) in [4.78, 5) is 36.7. The van der Waals surface area contributed by atoms with Gasteiger partial charge >= 0.3 is 0 Å². The van der Waals surface area contributed by atoms with Crippen molar-refractivity contribution in [3.63, 3.8) is 0 Å². The lowest BCUT2D eigenvalue weighted by Crippen LogP contribution is -2.46. The molecule has 1 fully saturated rings. The van der Waals surface area contributed by atoms with Gasteiger partial charge in [0.1, 0.15) is 17.3 Å². The lowest BCUT2D eigenvalue weighted by molar-refractivity contribution is 0.0956. The lowest BCUT2D eigenvalue weighted by atomic mass is 9.86. The molecule has 0 spiro atoms. The smallest absolute Gasteiger partial charge is 0.269 e. The summed E-state index contributed by atoms with van der Waals surface area (Å²) in [5.41, 5.74) is 2.87. The van der Waals surface area contributed by atoms with Gasteiger partial charge < -0.3 is 10.2 Å². The number of nitrogens with zero attached hydrogens (tertiary/aromatic N) is 4. The van der Waals surface area contributed by atoms with Crippen LogP contribution in [0, 0.1) is 11.6 Å². The molecule has 2 aliphatic rings. The van der Waals surface area contributed by atoms with Crippen LogP contribution in [0.1, 0.15) is 32.0 Å². The molecule has 1 N–H and O–H groups in total. The van der Waals surface area contributed by atoms with Crippen LogP contribution in [0.2, 0.25) is 5.15 Å². The van der Waals surface area contributed by atoms with Gasteiger partial charge in [0.05, 0.1) is 17.6 Å². The molecule has 0 unspecified atom stereocenters. The van der Waals surface area contributed by atoms with Crippen molar-refractivity contribution >= 4 is 29.0 Å². The van der Waals surface area contributed by atoms with Crippen molar-refractivity contribution in [3.05, 3.63) is 75.7 Å². The number of nitrogens with one attached hydrogen (secondary N) is 1. The molecule has 0 radical (unpaired) electrons. The Kier molecular flexibility index (Phi) is 6.21. The molecule has 1 aliphatic heterocycles. The molecule has 1 aliphatic carbocycles.